The van der Waals surface area contributed by atoms with Crippen LogP contribution in [0.1, 0.15) is 48.5 Å². The van der Waals surface area contributed by atoms with Crippen molar-refractivity contribution in [2.45, 2.75) is 45.2 Å². The fraction of sp³-hybridized carbons (Fsp3) is 0.500. The monoisotopic (exact) mass is 317 g/mol. The number of halogens is 1. The molecule has 3 nitrogen and oxygen atoms in total. The summed E-state index contributed by atoms with van der Waals surface area (Å²) in [6.45, 7) is 4.24. The Balaban J connectivity index is 1.84. The molecule has 4 heteroatoms. The van der Waals surface area contributed by atoms with Crippen LogP contribution in [0.4, 0.5) is 0 Å². The van der Waals surface area contributed by atoms with Gasteiger partial charge >= 0.3 is 0 Å². The molecule has 1 aliphatic heterocycles. The van der Waals surface area contributed by atoms with E-state index in [-0.39, 0.29) is 0 Å². The van der Waals surface area contributed by atoms with Gasteiger partial charge in [-0.25, -0.2) is 0 Å². The van der Waals surface area contributed by atoms with Gasteiger partial charge in [0.2, 0.25) is 0 Å². The molecule has 1 atom stereocenters. The second-order valence-electron chi connectivity index (χ2n) is 6.30. The van der Waals surface area contributed by atoms with E-state index < -0.39 is 0 Å². The summed E-state index contributed by atoms with van der Waals surface area (Å²) in [5.74, 6) is 0. The van der Waals surface area contributed by atoms with Gasteiger partial charge in [0.05, 0.1) is 5.69 Å². The number of hydrogen-bond acceptors (Lipinski definition) is 2. The van der Waals surface area contributed by atoms with Crippen LogP contribution >= 0.6 is 11.6 Å². The molecule has 0 spiro atoms. The Labute approximate surface area is 137 Å². The van der Waals surface area contributed by atoms with E-state index in [1.54, 1.807) is 0 Å². The quantitative estimate of drug-likeness (QED) is 0.831. The van der Waals surface area contributed by atoms with E-state index in [0.717, 1.165) is 23.8 Å². The summed E-state index contributed by atoms with van der Waals surface area (Å²) >= 11 is 6.05. The lowest BCUT2D eigenvalue weighted by atomic mass is 10.0. The Morgan fingerprint density at radius 2 is 1.95 bits per heavy atom. The molecular weight excluding hydrogens is 294 g/mol. The molecule has 1 saturated heterocycles. The number of hydrogen-bond donors (Lipinski definition) is 0. The first-order valence-corrected chi connectivity index (χ1v) is 8.50. The van der Waals surface area contributed by atoms with E-state index in [1.807, 2.05) is 23.9 Å². The maximum atomic E-state index is 6.05. The maximum absolute atomic E-state index is 6.05. The van der Waals surface area contributed by atoms with Gasteiger partial charge in [-0.3, -0.25) is 9.58 Å². The molecule has 22 heavy (non-hydrogen) atoms. The topological polar surface area (TPSA) is 21.1 Å². The fourth-order valence-corrected chi connectivity index (χ4v) is 3.57. The van der Waals surface area contributed by atoms with Crippen LogP contribution in [0, 0.1) is 6.92 Å². The minimum absolute atomic E-state index is 0.486. The third-order valence-electron chi connectivity index (χ3n) is 4.61. The van der Waals surface area contributed by atoms with Crippen molar-refractivity contribution in [3.63, 3.8) is 0 Å². The van der Waals surface area contributed by atoms with Gasteiger partial charge in [0, 0.05) is 36.4 Å². The van der Waals surface area contributed by atoms with Crippen molar-refractivity contribution in [1.29, 1.82) is 0 Å². The van der Waals surface area contributed by atoms with Gasteiger partial charge < -0.3 is 0 Å². The summed E-state index contributed by atoms with van der Waals surface area (Å²) in [6.07, 6.45) is 7.28. The molecule has 2 aromatic rings. The summed E-state index contributed by atoms with van der Waals surface area (Å²) < 4.78 is 1.92. The second-order valence-corrected chi connectivity index (χ2v) is 6.74. The first-order chi connectivity index (χ1) is 10.6. The summed E-state index contributed by atoms with van der Waals surface area (Å²) in [5, 5.41) is 5.29. The number of likely N-dealkylation sites (tertiary alicyclic amines) is 1. The van der Waals surface area contributed by atoms with Crippen LogP contribution in [0.25, 0.3) is 0 Å². The van der Waals surface area contributed by atoms with E-state index in [4.69, 9.17) is 11.6 Å². The Morgan fingerprint density at radius 1 is 1.18 bits per heavy atom. The van der Waals surface area contributed by atoms with Gasteiger partial charge in [-0.05, 0) is 44.0 Å². The van der Waals surface area contributed by atoms with Gasteiger partial charge in [-0.2, -0.15) is 5.10 Å². The zero-order valence-electron chi connectivity index (χ0n) is 13.4. The highest BCUT2D eigenvalue weighted by Crippen LogP contribution is 2.32. The molecule has 0 radical (unpaired) electrons. The SMILES string of the molecule is Cc1nn(C)cc1CN1CCCCC[C@@H]1c1ccc(Cl)cc1. The highest BCUT2D eigenvalue weighted by molar-refractivity contribution is 6.30. The van der Waals surface area contributed by atoms with E-state index in [1.165, 1.54) is 36.8 Å². The number of nitrogens with zero attached hydrogens (tertiary/aromatic N) is 3. The number of rotatable bonds is 3. The third-order valence-corrected chi connectivity index (χ3v) is 4.86. The smallest absolute Gasteiger partial charge is 0.0638 e. The van der Waals surface area contributed by atoms with Gasteiger partial charge in [0.15, 0.2) is 0 Å². The highest BCUT2D eigenvalue weighted by atomic mass is 35.5. The Morgan fingerprint density at radius 3 is 2.64 bits per heavy atom. The van der Waals surface area contributed by atoms with Crippen molar-refractivity contribution in [1.82, 2.24) is 14.7 Å². The number of aromatic nitrogens is 2. The van der Waals surface area contributed by atoms with Crippen LogP contribution in [0.15, 0.2) is 30.5 Å². The van der Waals surface area contributed by atoms with Crippen molar-refractivity contribution in [3.05, 3.63) is 52.3 Å². The summed E-state index contributed by atoms with van der Waals surface area (Å²) in [5.41, 5.74) is 3.86. The first-order valence-electron chi connectivity index (χ1n) is 8.12. The normalized spacial score (nSPS) is 20.0. The molecule has 1 aromatic carbocycles. The average Bonchev–Trinajstić information content (AvgIpc) is 2.69. The molecule has 1 fully saturated rings. The lowest BCUT2D eigenvalue weighted by Gasteiger charge is -2.30. The Kier molecular flexibility index (Phi) is 4.84. The summed E-state index contributed by atoms with van der Waals surface area (Å²) in [6, 6.07) is 8.87. The van der Waals surface area contributed by atoms with Gasteiger partial charge in [-0.15, -0.1) is 0 Å². The van der Waals surface area contributed by atoms with Crippen LogP contribution in [-0.2, 0) is 13.6 Å². The molecular formula is C18H24ClN3. The lowest BCUT2D eigenvalue weighted by molar-refractivity contribution is 0.192. The molecule has 0 unspecified atom stereocenters. The number of aryl methyl sites for hydroxylation is 2. The van der Waals surface area contributed by atoms with Gasteiger partial charge in [0.1, 0.15) is 0 Å². The molecule has 3 rings (SSSR count). The van der Waals surface area contributed by atoms with Crippen LogP contribution < -0.4 is 0 Å². The van der Waals surface area contributed by atoms with Crippen molar-refractivity contribution in [3.8, 4) is 0 Å². The minimum atomic E-state index is 0.486. The summed E-state index contributed by atoms with van der Waals surface area (Å²) in [4.78, 5) is 2.61. The largest absolute Gasteiger partial charge is 0.292 e. The number of benzene rings is 1. The molecule has 0 bridgehead atoms. The van der Waals surface area contributed by atoms with Crippen molar-refractivity contribution < 1.29 is 0 Å². The van der Waals surface area contributed by atoms with Crippen LogP contribution in [-0.4, -0.2) is 21.2 Å². The lowest BCUT2D eigenvalue weighted by Crippen LogP contribution is -2.28. The molecule has 0 aliphatic carbocycles. The zero-order chi connectivity index (χ0) is 15.5. The zero-order valence-corrected chi connectivity index (χ0v) is 14.2. The first kappa shape index (κ1) is 15.6. The van der Waals surface area contributed by atoms with E-state index >= 15 is 0 Å². The van der Waals surface area contributed by atoms with Crippen LogP contribution in [0.5, 0.6) is 0 Å². The average molecular weight is 318 g/mol. The molecule has 118 valence electrons. The van der Waals surface area contributed by atoms with Gasteiger partial charge in [-0.1, -0.05) is 36.6 Å². The Bertz CT molecular complexity index is 618. The Hall–Kier alpha value is -1.32. The maximum Gasteiger partial charge on any atom is 0.0638 e. The van der Waals surface area contributed by atoms with E-state index in [9.17, 15) is 0 Å². The van der Waals surface area contributed by atoms with Crippen molar-refractivity contribution in [2.75, 3.05) is 6.54 Å². The molecule has 0 saturated carbocycles. The van der Waals surface area contributed by atoms with Gasteiger partial charge in [0.25, 0.3) is 0 Å². The second kappa shape index (κ2) is 6.84. The predicted octanol–water partition coefficient (Wildman–Crippen LogP) is 4.50. The standard InChI is InChI=1S/C18H24ClN3/c1-14-16(12-21(2)20-14)13-22-11-5-3-4-6-18(22)15-7-9-17(19)10-8-15/h7-10,12,18H,3-6,11,13H2,1-2H3/t18-/m1/s1. The molecule has 1 aliphatic rings. The van der Waals surface area contributed by atoms with E-state index in [0.29, 0.717) is 6.04 Å². The van der Waals surface area contributed by atoms with Crippen molar-refractivity contribution in [2.24, 2.45) is 7.05 Å². The van der Waals surface area contributed by atoms with E-state index in [2.05, 4.69) is 35.3 Å². The van der Waals surface area contributed by atoms with Crippen LogP contribution in [0.2, 0.25) is 5.02 Å². The third kappa shape index (κ3) is 3.53. The summed E-state index contributed by atoms with van der Waals surface area (Å²) in [7, 11) is 2.00. The fourth-order valence-electron chi connectivity index (χ4n) is 3.44. The molecule has 1 aromatic heterocycles. The van der Waals surface area contributed by atoms with Crippen molar-refractivity contribution >= 4 is 11.6 Å². The minimum Gasteiger partial charge on any atom is -0.292 e. The molecule has 2 heterocycles. The molecule has 0 amide bonds. The molecule has 0 N–H and O–H groups in total. The highest BCUT2D eigenvalue weighted by Gasteiger charge is 2.23. The predicted molar refractivity (Wildman–Crippen MR) is 91.0 cm³/mol. The van der Waals surface area contributed by atoms with Crippen LogP contribution in [0.3, 0.4) is 0 Å².